The van der Waals surface area contributed by atoms with Crippen molar-refractivity contribution in [1.29, 1.82) is 5.26 Å². The Kier molecular flexibility index (Phi) is 10.2. The monoisotopic (exact) mass is 622 g/mol. The van der Waals surface area contributed by atoms with Crippen LogP contribution in [-0.4, -0.2) is 61.1 Å². The largest absolute Gasteiger partial charge is 0.344 e. The van der Waals surface area contributed by atoms with Crippen LogP contribution in [0.25, 0.3) is 10.9 Å². The first-order valence-electron chi connectivity index (χ1n) is 16.0. The molecule has 3 amide bonds. The summed E-state index contributed by atoms with van der Waals surface area (Å²) in [5.74, 6) is 0.468. The first kappa shape index (κ1) is 32.4. The Balaban J connectivity index is 1.48. The molecule has 240 valence electrons. The molecule has 1 aliphatic heterocycles. The van der Waals surface area contributed by atoms with Gasteiger partial charge >= 0.3 is 0 Å². The van der Waals surface area contributed by atoms with E-state index in [0.29, 0.717) is 56.1 Å². The lowest BCUT2D eigenvalue weighted by Gasteiger charge is -2.28. The number of aryl methyl sites for hydroxylation is 1. The summed E-state index contributed by atoms with van der Waals surface area (Å²) < 4.78 is 3.68. The van der Waals surface area contributed by atoms with E-state index in [1.54, 1.807) is 9.58 Å². The number of nitrogens with zero attached hydrogens (tertiary/aromatic N) is 6. The molecule has 5 rings (SSSR count). The molecule has 0 unspecified atom stereocenters. The molecular weight excluding hydrogens is 580 g/mol. The number of para-hydroxylation sites is 1. The third-order valence-electron chi connectivity index (χ3n) is 8.93. The van der Waals surface area contributed by atoms with Crippen LogP contribution in [0.4, 0.5) is 0 Å². The van der Waals surface area contributed by atoms with Gasteiger partial charge in [0, 0.05) is 30.6 Å². The van der Waals surface area contributed by atoms with E-state index < -0.39 is 12.1 Å². The van der Waals surface area contributed by atoms with Crippen LogP contribution in [0.3, 0.4) is 0 Å². The molecule has 46 heavy (non-hydrogen) atoms. The molecule has 0 radical (unpaired) electrons. The first-order chi connectivity index (χ1) is 22.2. The standard InChI is InChI=1S/C35H42N8O3/c1-5-23(2)33-35(46)38-29(20-26-12-7-6-8-13-26)34-37-25(4)40-43(34)19-18-41(17-11-16-31(44)39-33)32(45)22-42-24(3)28(21-36)27-14-9-10-15-30(27)42/h6-10,12-15,23,29,33H,5,11,16-20,22H2,1-4H3,(H,38,46)(H,39,44)/t23-,29-,33-/m0/s1. The topological polar surface area (TPSA) is 138 Å². The van der Waals surface area contributed by atoms with Gasteiger partial charge in [-0.15, -0.1) is 0 Å². The number of carbonyl (C=O) groups is 3. The predicted octanol–water partition coefficient (Wildman–Crippen LogP) is 3.97. The number of aromatic nitrogens is 4. The molecule has 0 saturated carbocycles. The molecule has 0 spiro atoms. The quantitative estimate of drug-likeness (QED) is 0.334. The van der Waals surface area contributed by atoms with Gasteiger partial charge in [0.15, 0.2) is 0 Å². The van der Waals surface area contributed by atoms with Crippen LogP contribution in [0, 0.1) is 31.1 Å². The minimum atomic E-state index is -0.715. The second-order valence-electron chi connectivity index (χ2n) is 12.1. The lowest BCUT2D eigenvalue weighted by Crippen LogP contribution is -2.51. The van der Waals surface area contributed by atoms with E-state index in [-0.39, 0.29) is 36.6 Å². The molecule has 2 aromatic carbocycles. The molecule has 2 aromatic heterocycles. The Bertz CT molecular complexity index is 1750. The maximum atomic E-state index is 13.9. The second kappa shape index (κ2) is 14.4. The molecule has 11 nitrogen and oxygen atoms in total. The van der Waals surface area contributed by atoms with Gasteiger partial charge in [0.2, 0.25) is 17.7 Å². The van der Waals surface area contributed by atoms with E-state index in [0.717, 1.165) is 22.2 Å². The van der Waals surface area contributed by atoms with Crippen LogP contribution in [-0.2, 0) is 33.9 Å². The Morgan fingerprint density at radius 2 is 1.78 bits per heavy atom. The van der Waals surface area contributed by atoms with Crippen molar-refractivity contribution in [2.24, 2.45) is 5.92 Å². The Labute approximate surface area is 269 Å². The molecule has 2 N–H and O–H groups in total. The van der Waals surface area contributed by atoms with Gasteiger partial charge in [-0.1, -0.05) is 68.8 Å². The van der Waals surface area contributed by atoms with Gasteiger partial charge in [-0.25, -0.2) is 9.67 Å². The van der Waals surface area contributed by atoms with E-state index in [1.165, 1.54) is 0 Å². The normalized spacial score (nSPS) is 18.6. The van der Waals surface area contributed by atoms with Crippen LogP contribution in [0.2, 0.25) is 0 Å². The number of rotatable bonds is 6. The molecule has 0 saturated heterocycles. The van der Waals surface area contributed by atoms with Gasteiger partial charge in [-0.3, -0.25) is 14.4 Å². The van der Waals surface area contributed by atoms with Crippen LogP contribution in [0.5, 0.6) is 0 Å². The molecule has 0 aliphatic carbocycles. The summed E-state index contributed by atoms with van der Waals surface area (Å²) in [6.45, 7) is 8.73. The summed E-state index contributed by atoms with van der Waals surface area (Å²) >= 11 is 0. The highest BCUT2D eigenvalue weighted by molar-refractivity contribution is 5.90. The first-order valence-corrected chi connectivity index (χ1v) is 16.0. The molecule has 0 fully saturated rings. The third kappa shape index (κ3) is 7.12. The van der Waals surface area contributed by atoms with E-state index in [2.05, 4.69) is 21.8 Å². The van der Waals surface area contributed by atoms with Crippen molar-refractivity contribution < 1.29 is 14.4 Å². The molecule has 4 aromatic rings. The van der Waals surface area contributed by atoms with E-state index in [1.807, 2.05) is 86.9 Å². The number of fused-ring (bicyclic) bond motifs is 2. The molecule has 0 bridgehead atoms. The van der Waals surface area contributed by atoms with Crippen molar-refractivity contribution in [2.75, 3.05) is 13.1 Å². The van der Waals surface area contributed by atoms with Crippen LogP contribution in [0.1, 0.15) is 67.6 Å². The summed E-state index contributed by atoms with van der Waals surface area (Å²) in [4.78, 5) is 47.3. The van der Waals surface area contributed by atoms with Crippen molar-refractivity contribution in [3.63, 3.8) is 0 Å². The Hall–Kier alpha value is -4.98. The summed E-state index contributed by atoms with van der Waals surface area (Å²) in [6, 6.07) is 18.5. The average Bonchev–Trinajstić information content (AvgIpc) is 3.56. The smallest absolute Gasteiger partial charge is 0.243 e. The average molecular weight is 623 g/mol. The molecular formula is C35H42N8O3. The summed E-state index contributed by atoms with van der Waals surface area (Å²) in [5, 5.41) is 21.5. The molecule has 1 aliphatic rings. The number of amides is 3. The van der Waals surface area contributed by atoms with E-state index in [9.17, 15) is 19.6 Å². The van der Waals surface area contributed by atoms with Gasteiger partial charge < -0.3 is 20.1 Å². The lowest BCUT2D eigenvalue weighted by molar-refractivity contribution is -0.133. The zero-order valence-electron chi connectivity index (χ0n) is 27.0. The summed E-state index contributed by atoms with van der Waals surface area (Å²) in [7, 11) is 0. The van der Waals surface area contributed by atoms with Crippen molar-refractivity contribution in [3.05, 3.63) is 83.1 Å². The summed E-state index contributed by atoms with van der Waals surface area (Å²) in [5.41, 5.74) is 3.15. The predicted molar refractivity (Wildman–Crippen MR) is 174 cm³/mol. The van der Waals surface area contributed by atoms with Crippen molar-refractivity contribution in [2.45, 2.75) is 78.6 Å². The zero-order valence-corrected chi connectivity index (χ0v) is 27.0. The van der Waals surface area contributed by atoms with Crippen molar-refractivity contribution in [1.82, 2.24) is 34.9 Å². The van der Waals surface area contributed by atoms with Crippen LogP contribution >= 0.6 is 0 Å². The number of carbonyl (C=O) groups excluding carboxylic acids is 3. The minimum absolute atomic E-state index is 0.0617. The fourth-order valence-corrected chi connectivity index (χ4v) is 6.18. The Morgan fingerprint density at radius 1 is 1.04 bits per heavy atom. The molecule has 3 atom stereocenters. The van der Waals surface area contributed by atoms with E-state index >= 15 is 0 Å². The third-order valence-corrected chi connectivity index (χ3v) is 8.93. The van der Waals surface area contributed by atoms with Gasteiger partial charge in [-0.05, 0) is 44.2 Å². The fraction of sp³-hybridized carbons (Fsp3) is 0.429. The molecule has 3 heterocycles. The maximum absolute atomic E-state index is 13.9. The highest BCUT2D eigenvalue weighted by Gasteiger charge is 2.31. The van der Waals surface area contributed by atoms with Crippen molar-refractivity contribution in [3.8, 4) is 6.07 Å². The van der Waals surface area contributed by atoms with Crippen LogP contribution < -0.4 is 10.6 Å². The van der Waals surface area contributed by atoms with Crippen molar-refractivity contribution >= 4 is 28.6 Å². The number of hydrogen-bond acceptors (Lipinski definition) is 6. The van der Waals surface area contributed by atoms with Gasteiger partial charge in [0.25, 0.3) is 0 Å². The Morgan fingerprint density at radius 3 is 2.52 bits per heavy atom. The van der Waals surface area contributed by atoms with Gasteiger partial charge in [-0.2, -0.15) is 10.4 Å². The minimum Gasteiger partial charge on any atom is -0.344 e. The van der Waals surface area contributed by atoms with Gasteiger partial charge in [0.1, 0.15) is 30.3 Å². The second-order valence-corrected chi connectivity index (χ2v) is 12.1. The zero-order chi connectivity index (χ0) is 32.8. The fourth-order valence-electron chi connectivity index (χ4n) is 6.18. The van der Waals surface area contributed by atoms with Crippen LogP contribution in [0.15, 0.2) is 54.6 Å². The number of nitrogens with one attached hydrogen (secondary N) is 2. The van der Waals surface area contributed by atoms with E-state index in [4.69, 9.17) is 4.98 Å². The molecule has 11 heteroatoms. The number of nitriles is 1. The highest BCUT2D eigenvalue weighted by Crippen LogP contribution is 2.25. The summed E-state index contributed by atoms with van der Waals surface area (Å²) in [6.07, 6.45) is 1.80. The lowest BCUT2D eigenvalue weighted by atomic mass is 9.97. The number of benzene rings is 2. The number of hydrogen-bond donors (Lipinski definition) is 2. The highest BCUT2D eigenvalue weighted by atomic mass is 16.2. The maximum Gasteiger partial charge on any atom is 0.243 e. The SMILES string of the molecule is CC[C@H](C)[C@@H]1NC(=O)CCCN(C(=O)Cn2c(C)c(C#N)c3ccccc32)CCn2nc(C)nc2[C@H](Cc2ccccc2)NC1=O. The van der Waals surface area contributed by atoms with Gasteiger partial charge in [0.05, 0.1) is 23.7 Å².